The fraction of sp³-hybridized carbons (Fsp3) is 0.782. The van der Waals surface area contributed by atoms with Gasteiger partial charge in [-0.05, 0) is 103 Å². The van der Waals surface area contributed by atoms with Gasteiger partial charge in [0.25, 0.3) is 0 Å². The molecule has 0 amide bonds. The summed E-state index contributed by atoms with van der Waals surface area (Å²) in [6.07, 6.45) is 34.0. The predicted octanol–water partition coefficient (Wildman–Crippen LogP) is 17.8. The highest BCUT2D eigenvalue weighted by Gasteiger charge is 2.28. The van der Waals surface area contributed by atoms with Crippen LogP contribution in [0.15, 0.2) is 36.4 Å². The maximum atomic E-state index is 6.78. The summed E-state index contributed by atoms with van der Waals surface area (Å²) < 4.78 is 13.0. The van der Waals surface area contributed by atoms with Crippen LogP contribution in [-0.4, -0.2) is 13.2 Å². The quantitative estimate of drug-likeness (QED) is 0.0640. The number of unbranched alkanes of at least 4 members (excludes halogenated alkanes) is 16. The van der Waals surface area contributed by atoms with Crippen LogP contribution in [0.5, 0.6) is 11.5 Å². The number of ether oxygens (including phenoxy) is 2. The molecular formula is C55H96O2. The van der Waals surface area contributed by atoms with Crippen molar-refractivity contribution in [2.24, 2.45) is 23.7 Å². The molecule has 0 aliphatic heterocycles. The van der Waals surface area contributed by atoms with Gasteiger partial charge in [0.05, 0.1) is 13.2 Å². The monoisotopic (exact) mass is 789 g/mol. The van der Waals surface area contributed by atoms with Crippen molar-refractivity contribution in [3.63, 3.8) is 0 Å². The van der Waals surface area contributed by atoms with E-state index in [2.05, 4.69) is 106 Å². The minimum atomic E-state index is -0.110. The summed E-state index contributed by atoms with van der Waals surface area (Å²) in [6.45, 7) is 25.3. The second-order valence-electron chi connectivity index (χ2n) is 20.2. The van der Waals surface area contributed by atoms with Crippen LogP contribution in [0.1, 0.15) is 246 Å². The zero-order valence-corrected chi connectivity index (χ0v) is 39.9. The van der Waals surface area contributed by atoms with E-state index in [1.165, 1.54) is 164 Å². The van der Waals surface area contributed by atoms with Crippen molar-refractivity contribution in [1.82, 2.24) is 0 Å². The lowest BCUT2D eigenvalue weighted by Crippen LogP contribution is -2.22. The molecule has 0 saturated heterocycles. The first-order chi connectivity index (χ1) is 27.4. The van der Waals surface area contributed by atoms with E-state index in [0.29, 0.717) is 0 Å². The van der Waals surface area contributed by atoms with Crippen molar-refractivity contribution in [2.45, 2.75) is 242 Å². The Kier molecular flexibility index (Phi) is 27.8. The number of benzene rings is 2. The fourth-order valence-electron chi connectivity index (χ4n) is 8.59. The third-order valence-electron chi connectivity index (χ3n) is 12.4. The van der Waals surface area contributed by atoms with Gasteiger partial charge in [-0.15, -0.1) is 0 Å². The standard InChI is InChI=1S/C55H96O2/c1-45(2)31-23-15-11-19-27-35-51-52(36-28-20-12-16-24-32-46(3)4)54(57-44-30-22-14-18-26-34-48(7)8)42-41-53(51)55(9,10)49-37-39-50(40-38-49)56-43-29-21-13-17-25-33-47(5)6/h37-42,45-48H,11-36,43-44H2,1-10H3. The minimum Gasteiger partial charge on any atom is -0.494 e. The largest absolute Gasteiger partial charge is 0.494 e. The van der Waals surface area contributed by atoms with E-state index >= 15 is 0 Å². The molecule has 0 aliphatic rings. The maximum absolute atomic E-state index is 6.78. The minimum absolute atomic E-state index is 0.110. The Morgan fingerprint density at radius 1 is 0.386 bits per heavy atom. The van der Waals surface area contributed by atoms with Crippen LogP contribution in [0.2, 0.25) is 0 Å². The Bertz CT molecular complexity index is 1240. The van der Waals surface area contributed by atoms with E-state index < -0.39 is 0 Å². The molecule has 0 atom stereocenters. The molecule has 0 radical (unpaired) electrons. The molecule has 2 rings (SSSR count). The van der Waals surface area contributed by atoms with Gasteiger partial charge in [0.2, 0.25) is 0 Å². The van der Waals surface area contributed by atoms with Crippen LogP contribution in [-0.2, 0) is 18.3 Å². The smallest absolute Gasteiger partial charge is 0.122 e. The third kappa shape index (κ3) is 23.4. The molecule has 0 unspecified atom stereocenters. The molecule has 2 nitrogen and oxygen atoms in total. The molecule has 0 saturated carbocycles. The van der Waals surface area contributed by atoms with Crippen LogP contribution in [0.4, 0.5) is 0 Å². The highest BCUT2D eigenvalue weighted by Crippen LogP contribution is 2.40. The Morgan fingerprint density at radius 3 is 1.19 bits per heavy atom. The molecule has 0 aromatic heterocycles. The van der Waals surface area contributed by atoms with Gasteiger partial charge in [0.15, 0.2) is 0 Å². The Labute approximate surface area is 356 Å². The highest BCUT2D eigenvalue weighted by molar-refractivity contribution is 5.52. The molecule has 2 aromatic carbocycles. The number of hydrogen-bond donors (Lipinski definition) is 0. The summed E-state index contributed by atoms with van der Waals surface area (Å²) >= 11 is 0. The lowest BCUT2D eigenvalue weighted by atomic mass is 9.73. The topological polar surface area (TPSA) is 18.5 Å². The zero-order valence-electron chi connectivity index (χ0n) is 39.9. The van der Waals surface area contributed by atoms with Gasteiger partial charge in [-0.25, -0.2) is 0 Å². The Balaban J connectivity index is 2.24. The van der Waals surface area contributed by atoms with Crippen LogP contribution in [0.25, 0.3) is 0 Å². The van der Waals surface area contributed by atoms with Gasteiger partial charge in [0.1, 0.15) is 11.5 Å². The highest BCUT2D eigenvalue weighted by atomic mass is 16.5. The molecule has 0 bridgehead atoms. The molecule has 0 spiro atoms. The summed E-state index contributed by atoms with van der Waals surface area (Å²) in [6, 6.07) is 13.9. The van der Waals surface area contributed by atoms with Gasteiger partial charge < -0.3 is 9.47 Å². The summed E-state index contributed by atoms with van der Waals surface area (Å²) in [5, 5.41) is 0. The molecule has 2 heteroatoms. The van der Waals surface area contributed by atoms with Crippen LogP contribution < -0.4 is 9.47 Å². The maximum Gasteiger partial charge on any atom is 0.122 e. The zero-order chi connectivity index (χ0) is 41.7. The normalized spacial score (nSPS) is 12.2. The molecule has 2 aromatic rings. The van der Waals surface area contributed by atoms with Crippen molar-refractivity contribution in [1.29, 1.82) is 0 Å². The van der Waals surface area contributed by atoms with Gasteiger partial charge in [-0.1, -0.05) is 216 Å². The number of rotatable bonds is 36. The third-order valence-corrected chi connectivity index (χ3v) is 12.4. The van der Waals surface area contributed by atoms with Crippen molar-refractivity contribution in [3.8, 4) is 11.5 Å². The first-order valence-corrected chi connectivity index (χ1v) is 24.9. The summed E-state index contributed by atoms with van der Waals surface area (Å²) in [7, 11) is 0. The average Bonchev–Trinajstić information content (AvgIpc) is 3.16. The second kappa shape index (κ2) is 31.0. The number of hydrogen-bond acceptors (Lipinski definition) is 2. The Hall–Kier alpha value is -1.96. The predicted molar refractivity (Wildman–Crippen MR) is 254 cm³/mol. The van der Waals surface area contributed by atoms with Crippen molar-refractivity contribution in [3.05, 3.63) is 58.7 Å². The van der Waals surface area contributed by atoms with E-state index in [0.717, 1.165) is 68.3 Å². The molecule has 328 valence electrons. The molecule has 0 heterocycles. The molecule has 0 fully saturated rings. The van der Waals surface area contributed by atoms with Crippen LogP contribution in [0.3, 0.4) is 0 Å². The summed E-state index contributed by atoms with van der Waals surface area (Å²) in [4.78, 5) is 0. The van der Waals surface area contributed by atoms with Gasteiger partial charge >= 0.3 is 0 Å². The lowest BCUT2D eigenvalue weighted by molar-refractivity contribution is 0.300. The lowest BCUT2D eigenvalue weighted by Gasteiger charge is -2.31. The summed E-state index contributed by atoms with van der Waals surface area (Å²) in [5.41, 5.74) is 5.86. The molecule has 0 N–H and O–H groups in total. The van der Waals surface area contributed by atoms with Crippen LogP contribution in [0, 0.1) is 23.7 Å². The van der Waals surface area contributed by atoms with Crippen molar-refractivity contribution < 1.29 is 9.47 Å². The molecular weight excluding hydrogens is 693 g/mol. The fourth-order valence-corrected chi connectivity index (χ4v) is 8.59. The van der Waals surface area contributed by atoms with E-state index in [-0.39, 0.29) is 5.41 Å². The molecule has 0 aliphatic carbocycles. The van der Waals surface area contributed by atoms with Crippen LogP contribution >= 0.6 is 0 Å². The van der Waals surface area contributed by atoms with Crippen molar-refractivity contribution in [2.75, 3.05) is 13.2 Å². The van der Waals surface area contributed by atoms with Gasteiger partial charge in [-0.2, -0.15) is 0 Å². The summed E-state index contributed by atoms with van der Waals surface area (Å²) in [5.74, 6) is 5.45. The second-order valence-corrected chi connectivity index (χ2v) is 20.2. The van der Waals surface area contributed by atoms with E-state index in [1.54, 1.807) is 5.56 Å². The first kappa shape index (κ1) is 51.2. The average molecular weight is 789 g/mol. The van der Waals surface area contributed by atoms with Gasteiger partial charge in [-0.3, -0.25) is 0 Å². The van der Waals surface area contributed by atoms with Gasteiger partial charge in [0, 0.05) is 5.41 Å². The van der Waals surface area contributed by atoms with E-state index in [4.69, 9.17) is 9.47 Å². The van der Waals surface area contributed by atoms with E-state index in [9.17, 15) is 0 Å². The Morgan fingerprint density at radius 2 is 0.754 bits per heavy atom. The molecule has 57 heavy (non-hydrogen) atoms. The van der Waals surface area contributed by atoms with E-state index in [1.807, 2.05) is 0 Å². The van der Waals surface area contributed by atoms with Crippen molar-refractivity contribution >= 4 is 0 Å². The SMILES string of the molecule is CC(C)CCCCCCCOc1ccc(C(C)(C)c2ccc(OCCCCCCCC(C)C)c(CCCCCCCC(C)C)c2CCCCCCCC(C)C)cc1. The first-order valence-electron chi connectivity index (χ1n) is 24.9.